The van der Waals surface area contributed by atoms with E-state index < -0.39 is 0 Å². The highest BCUT2D eigenvalue weighted by Gasteiger charge is 2.25. The highest BCUT2D eigenvalue weighted by Crippen LogP contribution is 2.47. The van der Waals surface area contributed by atoms with Crippen LogP contribution in [0.1, 0.15) is 27.3 Å². The lowest BCUT2D eigenvalue weighted by molar-refractivity contribution is 0.0513. The molecule has 4 rings (SSSR count). The smallest absolute Gasteiger partial charge is 0.188 e. The number of aryl methyl sites for hydroxylation is 1. The van der Waals surface area contributed by atoms with Crippen molar-refractivity contribution in [2.45, 2.75) is 26.8 Å². The van der Waals surface area contributed by atoms with Crippen molar-refractivity contribution in [3.63, 3.8) is 0 Å². The number of carbonyl (C=O) groups is 1. The molecule has 0 bridgehead atoms. The van der Waals surface area contributed by atoms with E-state index in [1.807, 2.05) is 42.5 Å². The van der Waals surface area contributed by atoms with Crippen LogP contribution in [0.25, 0.3) is 22.3 Å². The number of rotatable bonds is 14. The summed E-state index contributed by atoms with van der Waals surface area (Å²) >= 11 is 0. The molecule has 43 heavy (non-hydrogen) atoms. The first kappa shape index (κ1) is 31.3. The van der Waals surface area contributed by atoms with Gasteiger partial charge in [0.25, 0.3) is 0 Å². The lowest BCUT2D eigenvalue weighted by atomic mass is 9.93. The maximum absolute atomic E-state index is 12.0. The van der Waals surface area contributed by atoms with E-state index in [-0.39, 0.29) is 6.79 Å². The van der Waals surface area contributed by atoms with Gasteiger partial charge in [-0.25, -0.2) is 0 Å². The van der Waals surface area contributed by atoms with E-state index in [9.17, 15) is 4.79 Å². The Hall–Kier alpha value is -4.63. The summed E-state index contributed by atoms with van der Waals surface area (Å²) in [6, 6.07) is 15.3. The quantitative estimate of drug-likeness (QED) is 0.121. The zero-order valence-electron chi connectivity index (χ0n) is 26.0. The molecule has 9 nitrogen and oxygen atoms in total. The molecule has 4 aromatic rings. The minimum atomic E-state index is 0.0493. The summed E-state index contributed by atoms with van der Waals surface area (Å²) in [5, 5.41) is 0. The van der Waals surface area contributed by atoms with Gasteiger partial charge in [-0.1, -0.05) is 12.1 Å². The van der Waals surface area contributed by atoms with Gasteiger partial charge in [0.15, 0.2) is 36.1 Å². The Kier molecular flexibility index (Phi) is 10.2. The van der Waals surface area contributed by atoms with Crippen molar-refractivity contribution in [1.82, 2.24) is 4.57 Å². The van der Waals surface area contributed by atoms with E-state index in [1.54, 1.807) is 48.7 Å². The molecule has 0 saturated carbocycles. The lowest BCUT2D eigenvalue weighted by Gasteiger charge is -2.17. The van der Waals surface area contributed by atoms with Gasteiger partial charge in [0.2, 0.25) is 0 Å². The summed E-state index contributed by atoms with van der Waals surface area (Å²) in [5.74, 6) is 3.56. The molecule has 0 N–H and O–H groups in total. The number of nitrogens with zero attached hydrogens (tertiary/aromatic N) is 1. The van der Waals surface area contributed by atoms with Crippen LogP contribution in [0.4, 0.5) is 0 Å². The van der Waals surface area contributed by atoms with Crippen molar-refractivity contribution < 1.29 is 38.0 Å². The number of hydrogen-bond donors (Lipinski definition) is 0. The Morgan fingerprint density at radius 2 is 1.26 bits per heavy atom. The van der Waals surface area contributed by atoms with Crippen LogP contribution in [0.2, 0.25) is 0 Å². The Morgan fingerprint density at radius 3 is 1.88 bits per heavy atom. The molecular formula is C34H39NO8. The van der Waals surface area contributed by atoms with E-state index >= 15 is 0 Å². The number of carbonyl (C=O) groups excluding carboxylic acids is 1. The van der Waals surface area contributed by atoms with Crippen molar-refractivity contribution in [1.29, 1.82) is 0 Å². The lowest BCUT2D eigenvalue weighted by Crippen LogP contribution is -2.06. The predicted octanol–water partition coefficient (Wildman–Crippen LogP) is 6.52. The van der Waals surface area contributed by atoms with Crippen LogP contribution in [0.5, 0.6) is 34.5 Å². The van der Waals surface area contributed by atoms with Crippen LogP contribution in [-0.4, -0.2) is 60.3 Å². The van der Waals surface area contributed by atoms with Crippen LogP contribution in [-0.2, 0) is 17.7 Å². The molecule has 0 aliphatic rings. The molecule has 0 saturated heterocycles. The Balaban J connectivity index is 1.94. The SMILES string of the molecule is COCOc1cc(OC)c(OC)cc1-c1c(-c2ccc(OC)c(C=O)c2)c(C)n(CCc2ccc(OC)c(OC)c2)c1C. The van der Waals surface area contributed by atoms with E-state index in [0.717, 1.165) is 51.9 Å². The molecule has 9 heteroatoms. The molecule has 0 aliphatic carbocycles. The molecule has 0 aliphatic heterocycles. The second-order valence-corrected chi connectivity index (χ2v) is 9.84. The molecule has 228 valence electrons. The topological polar surface area (TPSA) is 86.6 Å². The maximum atomic E-state index is 12.0. The van der Waals surface area contributed by atoms with Gasteiger partial charge in [0, 0.05) is 47.8 Å². The van der Waals surface area contributed by atoms with Crippen molar-refractivity contribution in [3.05, 3.63) is 71.0 Å². The summed E-state index contributed by atoms with van der Waals surface area (Å²) in [7, 11) is 9.57. The fourth-order valence-corrected chi connectivity index (χ4v) is 5.46. The van der Waals surface area contributed by atoms with E-state index in [1.165, 1.54) is 0 Å². The van der Waals surface area contributed by atoms with Crippen LogP contribution in [0.3, 0.4) is 0 Å². The van der Waals surface area contributed by atoms with Gasteiger partial charge >= 0.3 is 0 Å². The highest BCUT2D eigenvalue weighted by atomic mass is 16.7. The fraction of sp³-hybridized carbons (Fsp3) is 0.324. The predicted molar refractivity (Wildman–Crippen MR) is 166 cm³/mol. The molecule has 0 unspecified atom stereocenters. The summed E-state index contributed by atoms with van der Waals surface area (Å²) in [4.78, 5) is 12.0. The molecule has 0 spiro atoms. The van der Waals surface area contributed by atoms with E-state index in [4.69, 9.17) is 33.2 Å². The second-order valence-electron chi connectivity index (χ2n) is 9.84. The Bertz CT molecular complexity index is 1590. The van der Waals surface area contributed by atoms with Crippen molar-refractivity contribution in [2.75, 3.05) is 49.5 Å². The number of aromatic nitrogens is 1. The normalized spacial score (nSPS) is 10.8. The zero-order valence-corrected chi connectivity index (χ0v) is 26.0. The third-order valence-electron chi connectivity index (χ3n) is 7.59. The van der Waals surface area contributed by atoms with Crippen LogP contribution >= 0.6 is 0 Å². The number of ether oxygens (including phenoxy) is 7. The molecular weight excluding hydrogens is 550 g/mol. The van der Waals surface area contributed by atoms with Gasteiger partial charge in [-0.15, -0.1) is 0 Å². The van der Waals surface area contributed by atoms with Crippen molar-refractivity contribution >= 4 is 6.29 Å². The molecule has 1 heterocycles. The first-order chi connectivity index (χ1) is 20.8. The van der Waals surface area contributed by atoms with Gasteiger partial charge in [0.1, 0.15) is 11.5 Å². The molecule has 0 amide bonds. The summed E-state index contributed by atoms with van der Waals surface area (Å²) in [5.41, 5.74) is 7.20. The summed E-state index contributed by atoms with van der Waals surface area (Å²) in [6.45, 7) is 4.91. The Morgan fingerprint density at radius 1 is 0.651 bits per heavy atom. The van der Waals surface area contributed by atoms with Gasteiger partial charge in [-0.3, -0.25) is 4.79 Å². The average Bonchev–Trinajstić information content (AvgIpc) is 3.29. The number of benzene rings is 3. The maximum Gasteiger partial charge on any atom is 0.188 e. The van der Waals surface area contributed by atoms with Gasteiger partial charge in [-0.05, 0) is 61.7 Å². The molecule has 0 radical (unpaired) electrons. The molecule has 1 aromatic heterocycles. The molecule has 3 aromatic carbocycles. The van der Waals surface area contributed by atoms with Gasteiger partial charge < -0.3 is 37.7 Å². The highest BCUT2D eigenvalue weighted by molar-refractivity contribution is 5.93. The molecule has 0 fully saturated rings. The Labute approximate surface area is 252 Å². The van der Waals surface area contributed by atoms with Crippen LogP contribution in [0.15, 0.2) is 48.5 Å². The minimum absolute atomic E-state index is 0.0493. The monoisotopic (exact) mass is 589 g/mol. The average molecular weight is 590 g/mol. The van der Waals surface area contributed by atoms with Crippen LogP contribution in [0, 0.1) is 13.8 Å². The minimum Gasteiger partial charge on any atom is -0.496 e. The first-order valence-corrected chi connectivity index (χ1v) is 13.8. The zero-order chi connectivity index (χ0) is 31.1. The first-order valence-electron chi connectivity index (χ1n) is 13.8. The van der Waals surface area contributed by atoms with Gasteiger partial charge in [0.05, 0.1) is 41.1 Å². The van der Waals surface area contributed by atoms with Crippen LogP contribution < -0.4 is 28.4 Å². The largest absolute Gasteiger partial charge is 0.496 e. The summed E-state index contributed by atoms with van der Waals surface area (Å²) in [6.07, 6.45) is 1.55. The summed E-state index contributed by atoms with van der Waals surface area (Å²) < 4.78 is 41.2. The third-order valence-corrected chi connectivity index (χ3v) is 7.59. The van der Waals surface area contributed by atoms with Crippen molar-refractivity contribution in [2.24, 2.45) is 0 Å². The second kappa shape index (κ2) is 14.0. The number of methoxy groups -OCH3 is 6. The fourth-order valence-electron chi connectivity index (χ4n) is 5.46. The standard InChI is InChI=1S/C34H39NO8/c1-21-33(24-10-12-27(38-4)25(16-24)19-36)34(26-17-31(41-7)32(42-8)18-29(26)43-20-37-3)22(2)35(21)14-13-23-9-11-28(39-5)30(15-23)40-6/h9-12,15-19H,13-14,20H2,1-8H3. The third kappa shape index (κ3) is 6.27. The van der Waals surface area contributed by atoms with Gasteiger partial charge in [-0.2, -0.15) is 0 Å². The molecule has 0 atom stereocenters. The van der Waals surface area contributed by atoms with Crippen molar-refractivity contribution in [3.8, 4) is 56.8 Å². The number of aldehydes is 1. The number of hydrogen-bond acceptors (Lipinski definition) is 8. The van der Waals surface area contributed by atoms with E-state index in [0.29, 0.717) is 46.6 Å². The van der Waals surface area contributed by atoms with E-state index in [2.05, 4.69) is 18.4 Å².